The lowest BCUT2D eigenvalue weighted by Gasteiger charge is -2.30. The third-order valence-corrected chi connectivity index (χ3v) is 5.76. The Hall–Kier alpha value is -2.43. The Morgan fingerprint density at radius 2 is 1.45 bits per heavy atom. The molecule has 0 bridgehead atoms. The number of carbonyl (C=O) groups excluding carboxylic acids is 1. The molecule has 4 heteroatoms. The van der Waals surface area contributed by atoms with Gasteiger partial charge in [-0.25, -0.2) is 0 Å². The summed E-state index contributed by atoms with van der Waals surface area (Å²) in [5.41, 5.74) is 5.34. The van der Waals surface area contributed by atoms with E-state index in [1.807, 2.05) is 0 Å². The first kappa shape index (κ1) is 19.9. The number of rotatable bonds is 5. The normalized spacial score (nSPS) is 18.4. The van der Waals surface area contributed by atoms with Crippen LogP contribution in [0.25, 0.3) is 5.57 Å². The SMILES string of the molecule is O=C(CN1CCC(=C(c2ccccc2)c2ccccc2)CC1)OC1CCOCC1. The van der Waals surface area contributed by atoms with Crippen molar-refractivity contribution in [3.8, 4) is 0 Å². The van der Waals surface area contributed by atoms with Gasteiger partial charge < -0.3 is 9.47 Å². The van der Waals surface area contributed by atoms with E-state index in [0.29, 0.717) is 19.8 Å². The van der Waals surface area contributed by atoms with E-state index in [1.165, 1.54) is 22.3 Å². The topological polar surface area (TPSA) is 38.8 Å². The molecule has 4 nitrogen and oxygen atoms in total. The van der Waals surface area contributed by atoms with Crippen LogP contribution < -0.4 is 0 Å². The van der Waals surface area contributed by atoms with Gasteiger partial charge in [-0.3, -0.25) is 9.69 Å². The van der Waals surface area contributed by atoms with Gasteiger partial charge in [-0.15, -0.1) is 0 Å². The summed E-state index contributed by atoms with van der Waals surface area (Å²) in [6, 6.07) is 21.3. The summed E-state index contributed by atoms with van der Waals surface area (Å²) in [5, 5.41) is 0. The predicted octanol–water partition coefficient (Wildman–Crippen LogP) is 4.31. The van der Waals surface area contributed by atoms with Crippen LogP contribution >= 0.6 is 0 Å². The second-order valence-corrected chi connectivity index (χ2v) is 7.79. The lowest BCUT2D eigenvalue weighted by molar-refractivity contribution is -0.154. The van der Waals surface area contributed by atoms with E-state index < -0.39 is 0 Å². The highest BCUT2D eigenvalue weighted by molar-refractivity contribution is 5.82. The Morgan fingerprint density at radius 1 is 0.897 bits per heavy atom. The van der Waals surface area contributed by atoms with Crippen LogP contribution in [-0.2, 0) is 14.3 Å². The number of likely N-dealkylation sites (tertiary alicyclic amines) is 1. The van der Waals surface area contributed by atoms with Gasteiger partial charge in [-0.05, 0) is 29.5 Å². The summed E-state index contributed by atoms with van der Waals surface area (Å²) in [6.07, 6.45) is 3.61. The number of hydrogen-bond donors (Lipinski definition) is 0. The molecule has 0 saturated carbocycles. The summed E-state index contributed by atoms with van der Waals surface area (Å²) in [7, 11) is 0. The molecule has 2 fully saturated rings. The molecule has 0 amide bonds. The molecule has 0 radical (unpaired) electrons. The molecule has 2 heterocycles. The van der Waals surface area contributed by atoms with Crippen LogP contribution in [-0.4, -0.2) is 49.8 Å². The molecule has 4 rings (SSSR count). The second-order valence-electron chi connectivity index (χ2n) is 7.79. The van der Waals surface area contributed by atoms with Crippen LogP contribution in [0.5, 0.6) is 0 Å². The van der Waals surface area contributed by atoms with E-state index in [0.717, 1.165) is 38.8 Å². The lowest BCUT2D eigenvalue weighted by atomic mass is 9.88. The van der Waals surface area contributed by atoms with Crippen molar-refractivity contribution >= 4 is 11.5 Å². The average Bonchev–Trinajstić information content (AvgIpc) is 2.77. The average molecular weight is 392 g/mol. The highest BCUT2D eigenvalue weighted by Gasteiger charge is 2.23. The first-order valence-corrected chi connectivity index (χ1v) is 10.6. The quantitative estimate of drug-likeness (QED) is 0.712. The number of benzene rings is 2. The standard InChI is InChI=1S/C25H29NO3/c27-24(29-23-13-17-28-18-14-23)19-26-15-11-22(12-16-26)25(20-7-3-1-4-8-20)21-9-5-2-6-10-21/h1-10,23H,11-19H2. The third-order valence-electron chi connectivity index (χ3n) is 5.76. The first-order chi connectivity index (χ1) is 14.3. The van der Waals surface area contributed by atoms with Crippen LogP contribution in [0.1, 0.15) is 36.8 Å². The fraction of sp³-hybridized carbons (Fsp3) is 0.400. The Morgan fingerprint density at radius 3 is 2.00 bits per heavy atom. The van der Waals surface area contributed by atoms with Gasteiger partial charge in [0.2, 0.25) is 0 Å². The van der Waals surface area contributed by atoms with E-state index in [9.17, 15) is 4.79 Å². The zero-order valence-electron chi connectivity index (χ0n) is 16.9. The number of esters is 1. The largest absolute Gasteiger partial charge is 0.461 e. The van der Waals surface area contributed by atoms with E-state index >= 15 is 0 Å². The molecule has 2 aliphatic heterocycles. The van der Waals surface area contributed by atoms with E-state index in [4.69, 9.17) is 9.47 Å². The van der Waals surface area contributed by atoms with Gasteiger partial charge in [0, 0.05) is 25.9 Å². The summed E-state index contributed by atoms with van der Waals surface area (Å²) >= 11 is 0. The zero-order valence-corrected chi connectivity index (χ0v) is 16.9. The molecule has 152 valence electrons. The number of carbonyl (C=O) groups is 1. The Bertz CT molecular complexity index is 774. The van der Waals surface area contributed by atoms with Crippen molar-refractivity contribution in [3.05, 3.63) is 77.4 Å². The maximum Gasteiger partial charge on any atom is 0.320 e. The Labute approximate surface area is 173 Å². The second kappa shape index (κ2) is 9.86. The molecule has 2 aliphatic rings. The highest BCUT2D eigenvalue weighted by atomic mass is 16.6. The molecule has 2 aromatic rings. The molecule has 0 N–H and O–H groups in total. The fourth-order valence-corrected chi connectivity index (χ4v) is 4.22. The minimum Gasteiger partial charge on any atom is -0.461 e. The van der Waals surface area contributed by atoms with Crippen LogP contribution in [0.15, 0.2) is 66.2 Å². The van der Waals surface area contributed by atoms with E-state index in [-0.39, 0.29) is 12.1 Å². The third kappa shape index (κ3) is 5.34. The van der Waals surface area contributed by atoms with Crippen LogP contribution in [0, 0.1) is 0 Å². The van der Waals surface area contributed by atoms with Gasteiger partial charge in [0.1, 0.15) is 6.10 Å². The molecule has 0 spiro atoms. The summed E-state index contributed by atoms with van der Waals surface area (Å²) < 4.78 is 11.0. The van der Waals surface area contributed by atoms with Crippen LogP contribution in [0.4, 0.5) is 0 Å². The molecular formula is C25H29NO3. The van der Waals surface area contributed by atoms with Crippen molar-refractivity contribution in [1.82, 2.24) is 4.90 Å². The van der Waals surface area contributed by atoms with Crippen LogP contribution in [0.2, 0.25) is 0 Å². The monoisotopic (exact) mass is 391 g/mol. The Kier molecular flexibility index (Phi) is 6.75. The van der Waals surface area contributed by atoms with Gasteiger partial charge in [-0.1, -0.05) is 66.2 Å². The molecule has 29 heavy (non-hydrogen) atoms. The smallest absolute Gasteiger partial charge is 0.320 e. The van der Waals surface area contributed by atoms with Crippen molar-refractivity contribution in [2.75, 3.05) is 32.8 Å². The van der Waals surface area contributed by atoms with Gasteiger partial charge in [0.25, 0.3) is 0 Å². The summed E-state index contributed by atoms with van der Waals surface area (Å²) in [6.45, 7) is 3.55. The molecule has 0 atom stereocenters. The van der Waals surface area contributed by atoms with Crippen molar-refractivity contribution in [1.29, 1.82) is 0 Å². The summed E-state index contributed by atoms with van der Waals surface area (Å²) in [4.78, 5) is 14.5. The Balaban J connectivity index is 1.42. The van der Waals surface area contributed by atoms with Gasteiger partial charge >= 0.3 is 5.97 Å². The van der Waals surface area contributed by atoms with Crippen molar-refractivity contribution in [2.45, 2.75) is 31.8 Å². The maximum absolute atomic E-state index is 12.3. The molecule has 0 unspecified atom stereocenters. The van der Waals surface area contributed by atoms with E-state index in [1.54, 1.807) is 0 Å². The lowest BCUT2D eigenvalue weighted by Crippen LogP contribution is -2.38. The molecule has 2 saturated heterocycles. The van der Waals surface area contributed by atoms with Gasteiger partial charge in [0.15, 0.2) is 0 Å². The van der Waals surface area contributed by atoms with Crippen molar-refractivity contribution < 1.29 is 14.3 Å². The minimum atomic E-state index is -0.101. The molecular weight excluding hydrogens is 362 g/mol. The molecule has 0 aromatic heterocycles. The number of hydrogen-bond acceptors (Lipinski definition) is 4. The van der Waals surface area contributed by atoms with Crippen LogP contribution in [0.3, 0.4) is 0 Å². The van der Waals surface area contributed by atoms with Gasteiger partial charge in [-0.2, -0.15) is 0 Å². The number of piperidine rings is 1. The molecule has 2 aromatic carbocycles. The maximum atomic E-state index is 12.3. The first-order valence-electron chi connectivity index (χ1n) is 10.6. The summed E-state index contributed by atoms with van der Waals surface area (Å²) in [5.74, 6) is -0.101. The highest BCUT2D eigenvalue weighted by Crippen LogP contribution is 2.32. The number of nitrogens with zero attached hydrogens (tertiary/aromatic N) is 1. The minimum absolute atomic E-state index is 0.0271. The van der Waals surface area contributed by atoms with E-state index in [2.05, 4.69) is 65.6 Å². The van der Waals surface area contributed by atoms with Gasteiger partial charge in [0.05, 0.1) is 19.8 Å². The molecule has 0 aliphatic carbocycles. The number of ether oxygens (including phenoxy) is 2. The predicted molar refractivity (Wildman–Crippen MR) is 115 cm³/mol. The van der Waals surface area contributed by atoms with Crippen molar-refractivity contribution in [3.63, 3.8) is 0 Å². The fourth-order valence-electron chi connectivity index (χ4n) is 4.22. The zero-order chi connectivity index (χ0) is 19.9. The van der Waals surface area contributed by atoms with Crippen molar-refractivity contribution in [2.24, 2.45) is 0 Å².